The summed E-state index contributed by atoms with van der Waals surface area (Å²) in [6, 6.07) is 15.5. The van der Waals surface area contributed by atoms with Crippen molar-refractivity contribution in [3.8, 4) is 5.75 Å². The van der Waals surface area contributed by atoms with Gasteiger partial charge in [0.15, 0.2) is 0 Å². The maximum Gasteiger partial charge on any atom is 0.337 e. The second kappa shape index (κ2) is 7.31. The van der Waals surface area contributed by atoms with Gasteiger partial charge >= 0.3 is 12.0 Å². The monoisotopic (exact) mass is 352 g/mol. The van der Waals surface area contributed by atoms with Crippen molar-refractivity contribution < 1.29 is 19.1 Å². The van der Waals surface area contributed by atoms with Crippen molar-refractivity contribution in [1.82, 2.24) is 5.32 Å². The molecular formula is C20H20N2O4. The third-order valence-electron chi connectivity index (χ3n) is 4.35. The molecule has 0 bridgehead atoms. The molecule has 0 aromatic heterocycles. The number of hydrogen-bond donors (Lipinski definition) is 1. The predicted molar refractivity (Wildman–Crippen MR) is 97.9 cm³/mol. The number of carbonyl (C=O) groups is 2. The van der Waals surface area contributed by atoms with Crippen LogP contribution in [0.3, 0.4) is 0 Å². The molecule has 3 rings (SSSR count). The quantitative estimate of drug-likeness (QED) is 0.856. The number of esters is 1. The van der Waals surface area contributed by atoms with Gasteiger partial charge in [0.2, 0.25) is 0 Å². The van der Waals surface area contributed by atoms with Crippen molar-refractivity contribution in [3.63, 3.8) is 0 Å². The van der Waals surface area contributed by atoms with E-state index in [2.05, 4.69) is 5.32 Å². The number of anilines is 1. The van der Waals surface area contributed by atoms with Gasteiger partial charge in [0.1, 0.15) is 5.75 Å². The zero-order chi connectivity index (χ0) is 18.7. The van der Waals surface area contributed by atoms with Crippen LogP contribution in [0.4, 0.5) is 10.5 Å². The van der Waals surface area contributed by atoms with Crippen LogP contribution in [-0.4, -0.2) is 26.2 Å². The molecule has 0 saturated heterocycles. The van der Waals surface area contributed by atoms with E-state index in [0.717, 1.165) is 5.56 Å². The van der Waals surface area contributed by atoms with Crippen molar-refractivity contribution in [2.24, 2.45) is 0 Å². The van der Waals surface area contributed by atoms with Gasteiger partial charge in [-0.2, -0.15) is 0 Å². The van der Waals surface area contributed by atoms with E-state index in [1.807, 2.05) is 30.3 Å². The van der Waals surface area contributed by atoms with Crippen molar-refractivity contribution in [1.29, 1.82) is 0 Å². The molecule has 2 aromatic carbocycles. The molecule has 0 aliphatic carbocycles. The standard InChI is InChI=1S/C20H20N2O4/c1-13-17(19(23)26-3)18(14-7-5-4-6-8-14)21-20(24)22(13)15-9-11-16(25-2)12-10-15/h4-12,18H,1-3H3,(H,21,24). The average molecular weight is 352 g/mol. The van der Waals surface area contributed by atoms with E-state index in [-0.39, 0.29) is 6.03 Å². The molecule has 0 fully saturated rings. The number of hydrogen-bond acceptors (Lipinski definition) is 4. The molecule has 0 radical (unpaired) electrons. The number of ether oxygens (including phenoxy) is 2. The van der Waals surface area contributed by atoms with E-state index < -0.39 is 12.0 Å². The first-order chi connectivity index (χ1) is 12.6. The van der Waals surface area contributed by atoms with E-state index >= 15 is 0 Å². The highest BCUT2D eigenvalue weighted by atomic mass is 16.5. The van der Waals surface area contributed by atoms with Gasteiger partial charge in [-0.25, -0.2) is 9.59 Å². The molecule has 26 heavy (non-hydrogen) atoms. The first-order valence-electron chi connectivity index (χ1n) is 8.15. The molecular weight excluding hydrogens is 332 g/mol. The summed E-state index contributed by atoms with van der Waals surface area (Å²) in [6.45, 7) is 1.74. The average Bonchev–Trinajstić information content (AvgIpc) is 2.68. The maximum absolute atomic E-state index is 12.8. The predicted octanol–water partition coefficient (Wildman–Crippen LogP) is 3.41. The Morgan fingerprint density at radius 3 is 2.27 bits per heavy atom. The number of allylic oxidation sites excluding steroid dienone is 1. The lowest BCUT2D eigenvalue weighted by atomic mass is 9.94. The van der Waals surface area contributed by atoms with Crippen LogP contribution in [-0.2, 0) is 9.53 Å². The van der Waals surface area contributed by atoms with Gasteiger partial charge in [-0.3, -0.25) is 4.90 Å². The Morgan fingerprint density at radius 2 is 1.69 bits per heavy atom. The molecule has 6 nitrogen and oxygen atoms in total. The minimum atomic E-state index is -0.564. The lowest BCUT2D eigenvalue weighted by Gasteiger charge is -2.35. The molecule has 2 aromatic rings. The Hall–Kier alpha value is -3.28. The second-order valence-corrected chi connectivity index (χ2v) is 5.82. The molecule has 1 unspecified atom stereocenters. The van der Waals surface area contributed by atoms with Crippen LogP contribution in [0.1, 0.15) is 18.5 Å². The SMILES string of the molecule is COC(=O)C1=C(C)N(c2ccc(OC)cc2)C(=O)NC1c1ccccc1. The van der Waals surface area contributed by atoms with Crippen LogP contribution in [0.5, 0.6) is 5.75 Å². The van der Waals surface area contributed by atoms with Gasteiger partial charge in [0.25, 0.3) is 0 Å². The molecule has 1 heterocycles. The summed E-state index contributed by atoms with van der Waals surface area (Å²) in [5.74, 6) is 0.206. The summed E-state index contributed by atoms with van der Waals surface area (Å²) in [5.41, 5.74) is 2.37. The fourth-order valence-corrected chi connectivity index (χ4v) is 3.06. The number of amides is 2. The fraction of sp³-hybridized carbons (Fsp3) is 0.200. The van der Waals surface area contributed by atoms with E-state index in [4.69, 9.17) is 9.47 Å². The molecule has 0 spiro atoms. The van der Waals surface area contributed by atoms with E-state index in [1.54, 1.807) is 38.3 Å². The first-order valence-corrected chi connectivity index (χ1v) is 8.15. The van der Waals surface area contributed by atoms with Crippen LogP contribution >= 0.6 is 0 Å². The Kier molecular flexibility index (Phi) is 4.93. The summed E-state index contributed by atoms with van der Waals surface area (Å²) < 4.78 is 10.1. The summed E-state index contributed by atoms with van der Waals surface area (Å²) in [6.07, 6.45) is 0. The number of nitrogens with one attached hydrogen (secondary N) is 1. The van der Waals surface area contributed by atoms with E-state index in [0.29, 0.717) is 22.7 Å². The van der Waals surface area contributed by atoms with Crippen LogP contribution in [0.2, 0.25) is 0 Å². The highest BCUT2D eigenvalue weighted by molar-refractivity contribution is 6.03. The molecule has 1 aliphatic rings. The molecule has 1 N–H and O–H groups in total. The Morgan fingerprint density at radius 1 is 1.04 bits per heavy atom. The van der Waals surface area contributed by atoms with Crippen LogP contribution in [0.15, 0.2) is 65.9 Å². The van der Waals surface area contributed by atoms with E-state index in [9.17, 15) is 9.59 Å². The molecule has 0 saturated carbocycles. The number of urea groups is 1. The second-order valence-electron chi connectivity index (χ2n) is 5.82. The minimum absolute atomic E-state index is 0.311. The molecule has 2 amide bonds. The number of benzene rings is 2. The zero-order valence-corrected chi connectivity index (χ0v) is 14.9. The highest BCUT2D eigenvalue weighted by Gasteiger charge is 2.36. The normalized spacial score (nSPS) is 17.0. The van der Waals surface area contributed by atoms with Gasteiger partial charge < -0.3 is 14.8 Å². The van der Waals surface area contributed by atoms with Crippen LogP contribution < -0.4 is 15.0 Å². The largest absolute Gasteiger partial charge is 0.497 e. The number of rotatable bonds is 4. The highest BCUT2D eigenvalue weighted by Crippen LogP contribution is 2.34. The van der Waals surface area contributed by atoms with E-state index in [1.165, 1.54) is 12.0 Å². The van der Waals surface area contributed by atoms with Gasteiger partial charge in [-0.1, -0.05) is 30.3 Å². The Bertz CT molecular complexity index is 844. The first kappa shape index (κ1) is 17.5. The number of nitrogens with zero attached hydrogens (tertiary/aromatic N) is 1. The van der Waals surface area contributed by atoms with Crippen LogP contribution in [0, 0.1) is 0 Å². The van der Waals surface area contributed by atoms with Gasteiger partial charge in [0.05, 0.1) is 31.5 Å². The zero-order valence-electron chi connectivity index (χ0n) is 14.9. The lowest BCUT2D eigenvalue weighted by Crippen LogP contribution is -2.48. The topological polar surface area (TPSA) is 67.9 Å². The Balaban J connectivity index is 2.09. The fourth-order valence-electron chi connectivity index (χ4n) is 3.06. The summed E-state index contributed by atoms with van der Waals surface area (Å²) >= 11 is 0. The summed E-state index contributed by atoms with van der Waals surface area (Å²) in [4.78, 5) is 26.7. The third-order valence-corrected chi connectivity index (χ3v) is 4.35. The Labute approximate surface area is 152 Å². The molecule has 6 heteroatoms. The van der Waals surface area contributed by atoms with Crippen LogP contribution in [0.25, 0.3) is 0 Å². The molecule has 134 valence electrons. The maximum atomic E-state index is 12.8. The van der Waals surface area contributed by atoms with Crippen molar-refractivity contribution >= 4 is 17.7 Å². The van der Waals surface area contributed by atoms with Gasteiger partial charge in [-0.15, -0.1) is 0 Å². The smallest absolute Gasteiger partial charge is 0.337 e. The molecule has 1 aliphatic heterocycles. The third kappa shape index (κ3) is 3.13. The minimum Gasteiger partial charge on any atom is -0.497 e. The molecule has 1 atom stereocenters. The number of methoxy groups -OCH3 is 2. The summed E-state index contributed by atoms with van der Waals surface area (Å²) in [7, 11) is 2.91. The van der Waals surface area contributed by atoms with Crippen molar-refractivity contribution in [3.05, 3.63) is 71.4 Å². The van der Waals surface area contributed by atoms with Gasteiger partial charge in [0, 0.05) is 5.70 Å². The summed E-state index contributed by atoms with van der Waals surface area (Å²) in [5, 5.41) is 2.90. The van der Waals surface area contributed by atoms with Gasteiger partial charge in [-0.05, 0) is 36.8 Å². The lowest BCUT2D eigenvalue weighted by molar-refractivity contribution is -0.136. The van der Waals surface area contributed by atoms with Crippen molar-refractivity contribution in [2.75, 3.05) is 19.1 Å². The number of carbonyl (C=O) groups excluding carboxylic acids is 2. The van der Waals surface area contributed by atoms with Crippen molar-refractivity contribution in [2.45, 2.75) is 13.0 Å².